The highest BCUT2D eigenvalue weighted by atomic mass is 19.4. The van der Waals surface area contributed by atoms with E-state index in [1.165, 1.54) is 60.7 Å². The zero-order valence-corrected chi connectivity index (χ0v) is 33.6. The van der Waals surface area contributed by atoms with Crippen molar-refractivity contribution in [1.82, 2.24) is 0 Å². The van der Waals surface area contributed by atoms with Crippen LogP contribution in [0.15, 0.2) is 109 Å². The van der Waals surface area contributed by atoms with Crippen molar-refractivity contribution in [3.63, 3.8) is 0 Å². The van der Waals surface area contributed by atoms with Crippen LogP contribution in [0.1, 0.15) is 92.4 Å². The van der Waals surface area contributed by atoms with E-state index >= 15 is 4.39 Å². The molecule has 0 atom stereocenters. The summed E-state index contributed by atoms with van der Waals surface area (Å²) < 4.78 is 83.7. The molecule has 0 aliphatic rings. The first-order valence-electron chi connectivity index (χ1n) is 19.2. The molecule has 0 saturated heterocycles. The van der Waals surface area contributed by atoms with Gasteiger partial charge in [0.15, 0.2) is 17.9 Å². The van der Waals surface area contributed by atoms with Crippen molar-refractivity contribution in [2.75, 3.05) is 19.8 Å². The summed E-state index contributed by atoms with van der Waals surface area (Å²) >= 11 is 0. The number of carbonyl (C=O) groups excluding carboxylic acids is 6. The van der Waals surface area contributed by atoms with Gasteiger partial charge < -0.3 is 28.4 Å². The molecular weight excluding hydrogens is 820 g/mol. The van der Waals surface area contributed by atoms with E-state index in [2.05, 4.69) is 17.9 Å². The average molecular weight is 863 g/mol. The van der Waals surface area contributed by atoms with Crippen LogP contribution in [0.4, 0.5) is 17.6 Å². The smallest absolute Gasteiger partial charge is 0.422 e. The fourth-order valence-electron chi connectivity index (χ4n) is 5.30. The van der Waals surface area contributed by atoms with Crippen molar-refractivity contribution in [3.8, 4) is 23.0 Å². The van der Waals surface area contributed by atoms with E-state index in [4.69, 9.17) is 23.7 Å². The quantitative estimate of drug-likeness (QED) is 0.0184. The summed E-state index contributed by atoms with van der Waals surface area (Å²) in [7, 11) is 0. The molecule has 0 amide bonds. The van der Waals surface area contributed by atoms with Crippen molar-refractivity contribution in [2.45, 2.75) is 58.0 Å². The third kappa shape index (κ3) is 14.6. The lowest BCUT2D eigenvalue weighted by Crippen LogP contribution is -2.21. The van der Waals surface area contributed by atoms with Crippen LogP contribution in [0.25, 0.3) is 0 Å². The minimum Gasteiger partial charge on any atom is -0.494 e. The molecule has 0 bridgehead atoms. The van der Waals surface area contributed by atoms with Crippen molar-refractivity contribution in [3.05, 3.63) is 143 Å². The molecule has 16 heteroatoms. The molecule has 0 fully saturated rings. The topological polar surface area (TPSA) is 158 Å². The molecule has 4 aromatic carbocycles. The number of alkyl halides is 3. The second-order valence-electron chi connectivity index (χ2n) is 13.6. The van der Waals surface area contributed by atoms with E-state index in [-0.39, 0.29) is 48.4 Å². The largest absolute Gasteiger partial charge is 0.494 e. The van der Waals surface area contributed by atoms with Crippen LogP contribution in [0.5, 0.6) is 23.0 Å². The van der Waals surface area contributed by atoms with Gasteiger partial charge in [0.05, 0.1) is 42.1 Å². The van der Waals surface area contributed by atoms with E-state index in [1.54, 1.807) is 19.1 Å². The zero-order valence-electron chi connectivity index (χ0n) is 33.6. The highest BCUT2D eigenvalue weighted by molar-refractivity contribution is 5.95. The number of rotatable bonds is 22. The van der Waals surface area contributed by atoms with Gasteiger partial charge in [0.1, 0.15) is 22.8 Å². The van der Waals surface area contributed by atoms with E-state index < -0.39 is 64.5 Å². The number of aldehydes is 1. The molecule has 4 rings (SSSR count). The van der Waals surface area contributed by atoms with Gasteiger partial charge in [-0.05, 0) is 117 Å². The molecule has 62 heavy (non-hydrogen) atoms. The van der Waals surface area contributed by atoms with Gasteiger partial charge in [-0.3, -0.25) is 4.79 Å². The molecule has 0 N–H and O–H groups in total. The number of unbranched alkanes of at least 4 members (excludes halogenated alkanes) is 4. The third-order valence-corrected chi connectivity index (χ3v) is 8.78. The first-order chi connectivity index (χ1) is 29.6. The highest BCUT2D eigenvalue weighted by Crippen LogP contribution is 2.30. The SMILES string of the molecule is C=C(C)C(=O)OCCCCCCc1ccc(C(=O)Oc2ccc(OC(=O)c3ccc(OC(=O)c4ccc(OCCCCOC(=O)C(=C)C(F)(F)F)cc4)cc3)c(C=O)c2F)cc1. The molecule has 12 nitrogen and oxygen atoms in total. The number of benzene rings is 4. The highest BCUT2D eigenvalue weighted by Gasteiger charge is 2.37. The van der Waals surface area contributed by atoms with Crippen molar-refractivity contribution in [2.24, 2.45) is 0 Å². The van der Waals surface area contributed by atoms with Gasteiger partial charge in [0, 0.05) is 5.57 Å². The molecule has 326 valence electrons. The number of ether oxygens (including phenoxy) is 6. The van der Waals surface area contributed by atoms with E-state index in [0.717, 1.165) is 49.8 Å². The Bertz CT molecular complexity index is 2250. The van der Waals surface area contributed by atoms with Crippen molar-refractivity contribution in [1.29, 1.82) is 0 Å². The molecule has 0 aliphatic heterocycles. The number of halogens is 4. The molecule has 0 aliphatic carbocycles. The Morgan fingerprint density at radius 2 is 1.05 bits per heavy atom. The molecule has 0 saturated carbocycles. The van der Waals surface area contributed by atoms with Crippen molar-refractivity contribution >= 4 is 36.1 Å². The fourth-order valence-corrected chi connectivity index (χ4v) is 5.30. The lowest BCUT2D eigenvalue weighted by atomic mass is 10.0. The summed E-state index contributed by atoms with van der Waals surface area (Å²) in [6.45, 7) is 8.04. The summed E-state index contributed by atoms with van der Waals surface area (Å²) in [5, 5.41) is 0. The lowest BCUT2D eigenvalue weighted by molar-refractivity contribution is -0.150. The van der Waals surface area contributed by atoms with Gasteiger partial charge in [0.2, 0.25) is 0 Å². The number of esters is 5. The van der Waals surface area contributed by atoms with Gasteiger partial charge in [-0.1, -0.05) is 38.1 Å². The predicted molar refractivity (Wildman–Crippen MR) is 215 cm³/mol. The molecule has 0 unspecified atom stereocenters. The minimum atomic E-state index is -4.86. The van der Waals surface area contributed by atoms with E-state index in [9.17, 15) is 41.9 Å². The van der Waals surface area contributed by atoms with Gasteiger partial charge >= 0.3 is 36.0 Å². The number of hydrogen-bond acceptors (Lipinski definition) is 12. The average Bonchev–Trinajstić information content (AvgIpc) is 3.25. The summed E-state index contributed by atoms with van der Waals surface area (Å²) in [5.41, 5.74) is -0.645. The zero-order chi connectivity index (χ0) is 45.2. The van der Waals surface area contributed by atoms with E-state index in [0.29, 0.717) is 24.4 Å². The Kier molecular flexibility index (Phi) is 17.7. The molecular formula is C46H42F4O12. The van der Waals surface area contributed by atoms with Crippen LogP contribution in [-0.4, -0.2) is 62.1 Å². The Balaban J connectivity index is 1.21. The number of hydrogen-bond donors (Lipinski definition) is 0. The second-order valence-corrected chi connectivity index (χ2v) is 13.6. The summed E-state index contributed by atoms with van der Waals surface area (Å²) in [5.74, 6) is -6.27. The molecule has 0 spiro atoms. The Labute approximate surface area is 354 Å². The van der Waals surface area contributed by atoms with Gasteiger partial charge in [0.25, 0.3) is 0 Å². The van der Waals surface area contributed by atoms with Gasteiger partial charge in [-0.2, -0.15) is 13.2 Å². The number of carbonyl (C=O) groups is 6. The first-order valence-corrected chi connectivity index (χ1v) is 19.2. The summed E-state index contributed by atoms with van der Waals surface area (Å²) in [6, 6.07) is 19.8. The fraction of sp³-hybridized carbons (Fsp3) is 0.261. The molecule has 0 radical (unpaired) electrons. The minimum absolute atomic E-state index is 0.0333. The third-order valence-electron chi connectivity index (χ3n) is 8.78. The lowest BCUT2D eigenvalue weighted by Gasteiger charge is -2.11. The number of aryl methyl sites for hydroxylation is 1. The Morgan fingerprint density at radius 1 is 0.581 bits per heavy atom. The van der Waals surface area contributed by atoms with Crippen LogP contribution < -0.4 is 18.9 Å². The van der Waals surface area contributed by atoms with Crippen LogP contribution >= 0.6 is 0 Å². The van der Waals surface area contributed by atoms with Crippen LogP contribution in [0, 0.1) is 5.82 Å². The maximum absolute atomic E-state index is 15.3. The normalized spacial score (nSPS) is 10.9. The van der Waals surface area contributed by atoms with Crippen LogP contribution in [0.2, 0.25) is 0 Å². The van der Waals surface area contributed by atoms with Gasteiger partial charge in [-0.15, -0.1) is 0 Å². The van der Waals surface area contributed by atoms with E-state index in [1.807, 2.05) is 0 Å². The standard InChI is InChI=1S/C46H42F4O12/c1-29(2)41(52)58-26-7-5-4-6-10-31-11-13-32(14-12-31)45(56)62-39-24-23-38(37(28-51)40(39)47)61-44(55)34-17-21-36(22-18-34)60-43(54)33-15-19-35(20-16-33)57-25-8-9-27-59-42(53)30(3)46(48,49)50/h11-24,28H,1,3-10,25-27H2,2H3. The molecule has 0 heterocycles. The summed E-state index contributed by atoms with van der Waals surface area (Å²) in [4.78, 5) is 73.0. The summed E-state index contributed by atoms with van der Waals surface area (Å²) in [6.07, 6.45) is 0.0192. The Morgan fingerprint density at radius 3 is 1.61 bits per heavy atom. The molecule has 0 aromatic heterocycles. The molecule has 4 aromatic rings. The van der Waals surface area contributed by atoms with Crippen LogP contribution in [-0.2, 0) is 25.5 Å². The Hall–Kier alpha value is -7.10. The van der Waals surface area contributed by atoms with Crippen LogP contribution in [0.3, 0.4) is 0 Å². The monoisotopic (exact) mass is 862 g/mol. The van der Waals surface area contributed by atoms with Crippen molar-refractivity contribution < 1.29 is 74.8 Å². The van der Waals surface area contributed by atoms with Gasteiger partial charge in [-0.25, -0.2) is 28.4 Å². The first kappa shape index (κ1) is 47.6. The second kappa shape index (κ2) is 23.0. The maximum atomic E-state index is 15.3. The maximum Gasteiger partial charge on any atom is 0.422 e. The predicted octanol–water partition coefficient (Wildman–Crippen LogP) is 9.34.